The maximum atomic E-state index is 14.6. The van der Waals surface area contributed by atoms with Crippen molar-refractivity contribution < 1.29 is 18.0 Å². The number of carbonyl (C=O) groups excluding carboxylic acids is 1. The third kappa shape index (κ3) is 6.39. The van der Waals surface area contributed by atoms with E-state index in [1.807, 2.05) is 50.2 Å². The van der Waals surface area contributed by atoms with Crippen LogP contribution in [0.1, 0.15) is 80.5 Å². The third-order valence-corrected chi connectivity index (χ3v) is 8.03. The van der Waals surface area contributed by atoms with Gasteiger partial charge in [0.05, 0.1) is 12.2 Å². The van der Waals surface area contributed by atoms with Gasteiger partial charge in [-0.15, -0.1) is 10.2 Å². The number of hydrogen-bond donors (Lipinski definition) is 1. The van der Waals surface area contributed by atoms with Crippen molar-refractivity contribution in [2.45, 2.75) is 77.9 Å². The van der Waals surface area contributed by atoms with E-state index in [0.29, 0.717) is 22.4 Å². The van der Waals surface area contributed by atoms with Gasteiger partial charge in [-0.3, -0.25) is 9.36 Å². The molecule has 0 atom stereocenters. The molecule has 11 heteroatoms. The van der Waals surface area contributed by atoms with Crippen LogP contribution >= 0.6 is 0 Å². The molecule has 1 aliphatic carbocycles. The highest BCUT2D eigenvalue weighted by atomic mass is 19.4. The molecule has 0 saturated heterocycles. The summed E-state index contributed by atoms with van der Waals surface area (Å²) in [5.74, 6) is -0.203. The van der Waals surface area contributed by atoms with Crippen molar-refractivity contribution in [2.24, 2.45) is 11.8 Å². The van der Waals surface area contributed by atoms with Crippen LogP contribution in [0, 0.1) is 11.8 Å². The number of nitrogens with one attached hydrogen (secondary N) is 1. The van der Waals surface area contributed by atoms with E-state index in [1.54, 1.807) is 12.1 Å². The Morgan fingerprint density at radius 2 is 1.71 bits per heavy atom. The van der Waals surface area contributed by atoms with Gasteiger partial charge in [-0.25, -0.2) is 9.36 Å². The lowest BCUT2D eigenvalue weighted by atomic mass is 9.87. The minimum absolute atomic E-state index is 0.00423. The normalized spacial score (nSPS) is 14.5. The number of aromatic nitrogens is 6. The molecule has 2 aromatic carbocycles. The van der Waals surface area contributed by atoms with Gasteiger partial charge in [-0.2, -0.15) is 18.4 Å². The third-order valence-electron chi connectivity index (χ3n) is 8.03. The number of H-pyrrole nitrogens is 1. The van der Waals surface area contributed by atoms with Gasteiger partial charge in [0, 0.05) is 12.0 Å². The first-order valence-corrected chi connectivity index (χ1v) is 14.5. The fourth-order valence-electron chi connectivity index (χ4n) is 5.86. The summed E-state index contributed by atoms with van der Waals surface area (Å²) in [5, 5.41) is 14.2. The van der Waals surface area contributed by atoms with Crippen LogP contribution in [0.4, 0.5) is 13.2 Å². The Bertz CT molecular complexity index is 1560. The summed E-state index contributed by atoms with van der Waals surface area (Å²) in [7, 11) is 0. The van der Waals surface area contributed by atoms with Crippen LogP contribution in [0.15, 0.2) is 53.3 Å². The molecule has 0 radical (unpaired) electrons. The molecule has 0 aliphatic heterocycles. The van der Waals surface area contributed by atoms with Gasteiger partial charge in [-0.05, 0) is 59.4 Å². The molecule has 0 bridgehead atoms. The van der Waals surface area contributed by atoms with E-state index in [-0.39, 0.29) is 36.9 Å². The standard InChI is InChI=1S/C31H35F3N6O2/c1-20(2)12-17-26-28(31(32,33)34)40(27(41)18-21-8-4-3-5-9-21)30(42)39(26)19-22-13-15-23(16-14-22)24-10-6-7-11-25(24)29-35-37-38-36-29/h6-7,10-11,13-16,20-21H,3-5,8-9,12,17-19H2,1-2H3,(H,35,36,37,38). The highest BCUT2D eigenvalue weighted by Gasteiger charge is 2.42. The van der Waals surface area contributed by atoms with E-state index in [2.05, 4.69) is 20.6 Å². The first-order chi connectivity index (χ1) is 20.1. The highest BCUT2D eigenvalue weighted by Crippen LogP contribution is 2.35. The largest absolute Gasteiger partial charge is 0.433 e. The maximum Gasteiger partial charge on any atom is 0.433 e. The maximum absolute atomic E-state index is 14.6. The minimum atomic E-state index is -4.85. The average molecular weight is 581 g/mol. The quantitative estimate of drug-likeness (QED) is 0.236. The summed E-state index contributed by atoms with van der Waals surface area (Å²) in [4.78, 5) is 27.0. The van der Waals surface area contributed by atoms with Crippen LogP contribution < -0.4 is 5.69 Å². The second kappa shape index (κ2) is 12.5. The lowest BCUT2D eigenvalue weighted by molar-refractivity contribution is -0.143. The summed E-state index contributed by atoms with van der Waals surface area (Å²) in [6.45, 7) is 3.77. The van der Waals surface area contributed by atoms with Crippen LogP contribution in [-0.4, -0.2) is 35.7 Å². The second-order valence-corrected chi connectivity index (χ2v) is 11.5. The van der Waals surface area contributed by atoms with E-state index in [0.717, 1.165) is 53.4 Å². The first kappa shape index (κ1) is 29.5. The van der Waals surface area contributed by atoms with E-state index < -0.39 is 23.5 Å². The number of nitrogens with zero attached hydrogens (tertiary/aromatic N) is 5. The van der Waals surface area contributed by atoms with Crippen molar-refractivity contribution >= 4 is 5.91 Å². The van der Waals surface area contributed by atoms with Crippen molar-refractivity contribution in [3.8, 4) is 22.5 Å². The molecule has 2 heterocycles. The number of tetrazole rings is 1. The Labute approximate surface area is 242 Å². The van der Waals surface area contributed by atoms with Crippen LogP contribution in [0.5, 0.6) is 0 Å². The monoisotopic (exact) mass is 580 g/mol. The fourth-order valence-corrected chi connectivity index (χ4v) is 5.86. The molecule has 4 aromatic rings. The Kier molecular flexibility index (Phi) is 8.74. The van der Waals surface area contributed by atoms with Crippen molar-refractivity contribution in [3.63, 3.8) is 0 Å². The zero-order valence-electron chi connectivity index (χ0n) is 23.8. The number of halogens is 3. The van der Waals surface area contributed by atoms with Crippen LogP contribution in [0.3, 0.4) is 0 Å². The summed E-state index contributed by atoms with van der Waals surface area (Å²) >= 11 is 0. The van der Waals surface area contributed by atoms with E-state index in [1.165, 1.54) is 0 Å². The first-order valence-electron chi connectivity index (χ1n) is 14.5. The highest BCUT2D eigenvalue weighted by molar-refractivity contribution is 5.81. The summed E-state index contributed by atoms with van der Waals surface area (Å²) in [5.41, 5.74) is 0.948. The summed E-state index contributed by atoms with van der Waals surface area (Å²) < 4.78 is 45.2. The van der Waals surface area contributed by atoms with Crippen molar-refractivity contribution in [1.29, 1.82) is 0 Å². The van der Waals surface area contributed by atoms with E-state index >= 15 is 0 Å². The van der Waals surface area contributed by atoms with Gasteiger partial charge in [0.15, 0.2) is 5.69 Å². The average Bonchev–Trinajstić information content (AvgIpc) is 3.60. The minimum Gasteiger partial charge on any atom is -0.291 e. The van der Waals surface area contributed by atoms with Gasteiger partial charge in [0.25, 0.3) is 0 Å². The van der Waals surface area contributed by atoms with Crippen LogP contribution in [0.2, 0.25) is 0 Å². The van der Waals surface area contributed by atoms with Gasteiger partial charge in [0.2, 0.25) is 11.7 Å². The topological polar surface area (TPSA) is 98.5 Å². The van der Waals surface area contributed by atoms with Crippen molar-refractivity contribution in [1.82, 2.24) is 29.8 Å². The van der Waals surface area contributed by atoms with Gasteiger partial charge >= 0.3 is 11.9 Å². The number of benzene rings is 2. The predicted molar refractivity (Wildman–Crippen MR) is 153 cm³/mol. The molecular formula is C31H35F3N6O2. The van der Waals surface area contributed by atoms with Gasteiger partial charge < -0.3 is 0 Å². The summed E-state index contributed by atoms with van der Waals surface area (Å²) in [6, 6.07) is 14.8. The fraction of sp³-hybridized carbons (Fsp3) is 0.452. The molecule has 222 valence electrons. The van der Waals surface area contributed by atoms with Gasteiger partial charge in [-0.1, -0.05) is 81.6 Å². The molecule has 0 unspecified atom stereocenters. The van der Waals surface area contributed by atoms with Crippen molar-refractivity contribution in [3.05, 3.63) is 76.0 Å². The molecule has 8 nitrogen and oxygen atoms in total. The lowest BCUT2D eigenvalue weighted by Crippen LogP contribution is -2.33. The molecule has 1 saturated carbocycles. The smallest absolute Gasteiger partial charge is 0.291 e. The Morgan fingerprint density at radius 3 is 2.33 bits per heavy atom. The van der Waals surface area contributed by atoms with E-state index in [4.69, 9.17) is 0 Å². The number of imidazole rings is 1. The molecule has 0 spiro atoms. The molecule has 42 heavy (non-hydrogen) atoms. The van der Waals surface area contributed by atoms with Gasteiger partial charge in [0.1, 0.15) is 0 Å². The van der Waals surface area contributed by atoms with Crippen LogP contribution in [0.25, 0.3) is 22.5 Å². The number of carbonyl (C=O) groups is 1. The predicted octanol–water partition coefficient (Wildman–Crippen LogP) is 6.76. The van der Waals surface area contributed by atoms with Crippen LogP contribution in [-0.2, 0) is 19.1 Å². The SMILES string of the molecule is CC(C)CCc1c(C(F)(F)F)n(C(=O)CC2CCCCC2)c(=O)n1Cc1ccc(-c2ccccc2-c2nn[nH]n2)cc1. The number of aromatic amines is 1. The summed E-state index contributed by atoms with van der Waals surface area (Å²) in [6.07, 6.45) is 0.166. The Morgan fingerprint density at radius 1 is 1.02 bits per heavy atom. The van der Waals surface area contributed by atoms with E-state index in [9.17, 15) is 22.8 Å². The molecule has 0 amide bonds. The molecule has 1 aliphatic rings. The number of hydrogen-bond acceptors (Lipinski definition) is 5. The Hall–Kier alpha value is -4.02. The molecular weight excluding hydrogens is 545 g/mol. The lowest BCUT2D eigenvalue weighted by Gasteiger charge is -2.21. The van der Waals surface area contributed by atoms with Crippen molar-refractivity contribution in [2.75, 3.05) is 0 Å². The molecule has 1 fully saturated rings. The number of rotatable bonds is 9. The zero-order valence-corrected chi connectivity index (χ0v) is 23.8. The molecule has 2 aromatic heterocycles. The zero-order chi connectivity index (χ0) is 29.9. The second-order valence-electron chi connectivity index (χ2n) is 11.5. The number of alkyl halides is 3. The molecule has 5 rings (SSSR count). The Balaban J connectivity index is 1.51. The molecule has 1 N–H and O–H groups in total.